The molecule has 6 nitrogen and oxygen atoms in total. The molecule has 1 saturated heterocycles. The van der Waals surface area contributed by atoms with Gasteiger partial charge in [-0.25, -0.2) is 0 Å². The van der Waals surface area contributed by atoms with Gasteiger partial charge in [-0.2, -0.15) is 4.98 Å². The number of nitrogens with zero attached hydrogens (tertiary/aromatic N) is 4. The number of likely N-dealkylation sites (tertiary alicyclic amines) is 1. The van der Waals surface area contributed by atoms with Crippen molar-refractivity contribution >= 4 is 0 Å². The van der Waals surface area contributed by atoms with E-state index in [1.165, 1.54) is 12.8 Å². The molecule has 3 heterocycles. The molecule has 1 atom stereocenters. The average Bonchev–Trinajstić information content (AvgIpc) is 2.86. The van der Waals surface area contributed by atoms with Crippen LogP contribution in [0.5, 0.6) is 0 Å². The smallest absolute Gasteiger partial charge is 0.240 e. The van der Waals surface area contributed by atoms with Gasteiger partial charge in [-0.1, -0.05) is 10.3 Å². The van der Waals surface area contributed by atoms with Crippen molar-refractivity contribution in [1.29, 1.82) is 0 Å². The summed E-state index contributed by atoms with van der Waals surface area (Å²) in [7, 11) is 0. The van der Waals surface area contributed by atoms with Gasteiger partial charge >= 0.3 is 0 Å². The molecule has 0 radical (unpaired) electrons. The molecule has 0 aromatic carbocycles. The van der Waals surface area contributed by atoms with Gasteiger partial charge in [0.2, 0.25) is 5.89 Å². The molecular formula is C14H18N4O2. The Bertz CT molecular complexity index is 602. The zero-order chi connectivity index (χ0) is 13.5. The van der Waals surface area contributed by atoms with Gasteiger partial charge in [-0.05, 0) is 39.2 Å². The lowest BCUT2D eigenvalue weighted by molar-refractivity contribution is 0.183. The lowest BCUT2D eigenvalue weighted by Gasteiger charge is -2.19. The van der Waals surface area contributed by atoms with Crippen molar-refractivity contribution in [2.24, 2.45) is 0 Å². The molecule has 4 rings (SSSR count). The summed E-state index contributed by atoms with van der Waals surface area (Å²) in [5.74, 6) is 3.09. The zero-order valence-corrected chi connectivity index (χ0v) is 11.6. The summed E-state index contributed by atoms with van der Waals surface area (Å²) >= 11 is 0. The maximum Gasteiger partial charge on any atom is 0.240 e. The van der Waals surface area contributed by atoms with Gasteiger partial charge in [-0.15, -0.1) is 0 Å². The van der Waals surface area contributed by atoms with Crippen LogP contribution in [0.1, 0.15) is 60.8 Å². The minimum atomic E-state index is 0.285. The summed E-state index contributed by atoms with van der Waals surface area (Å²) in [5, 5.41) is 8.06. The maximum atomic E-state index is 5.41. The summed E-state index contributed by atoms with van der Waals surface area (Å²) in [6.45, 7) is 3.68. The first kappa shape index (κ1) is 12.1. The molecule has 106 valence electrons. The third kappa shape index (κ3) is 2.24. The van der Waals surface area contributed by atoms with Crippen LogP contribution in [0.4, 0.5) is 0 Å². The fourth-order valence-corrected chi connectivity index (χ4v) is 2.89. The SMILES string of the molecule is Cc1cc(C2CCCN2Cc2nc(C3CC3)no2)on1. The van der Waals surface area contributed by atoms with Crippen LogP contribution in [0, 0.1) is 6.92 Å². The predicted molar refractivity (Wildman–Crippen MR) is 69.9 cm³/mol. The van der Waals surface area contributed by atoms with E-state index in [1.54, 1.807) is 0 Å². The Morgan fingerprint density at radius 3 is 2.90 bits per heavy atom. The van der Waals surface area contributed by atoms with Gasteiger partial charge in [0.25, 0.3) is 0 Å². The van der Waals surface area contributed by atoms with Crippen LogP contribution in [0.3, 0.4) is 0 Å². The second kappa shape index (κ2) is 4.70. The van der Waals surface area contributed by atoms with Gasteiger partial charge in [0.1, 0.15) is 0 Å². The van der Waals surface area contributed by atoms with E-state index in [1.807, 2.05) is 13.0 Å². The van der Waals surface area contributed by atoms with Crippen LogP contribution >= 0.6 is 0 Å². The van der Waals surface area contributed by atoms with E-state index in [2.05, 4.69) is 20.2 Å². The molecular weight excluding hydrogens is 256 g/mol. The minimum absolute atomic E-state index is 0.285. The lowest BCUT2D eigenvalue weighted by atomic mass is 10.1. The topological polar surface area (TPSA) is 68.2 Å². The molecule has 2 aromatic rings. The molecule has 0 N–H and O–H groups in total. The van der Waals surface area contributed by atoms with E-state index in [0.717, 1.165) is 42.6 Å². The van der Waals surface area contributed by atoms with E-state index < -0.39 is 0 Å². The highest BCUT2D eigenvalue weighted by molar-refractivity contribution is 5.10. The van der Waals surface area contributed by atoms with Crippen LogP contribution < -0.4 is 0 Å². The monoisotopic (exact) mass is 274 g/mol. The molecule has 6 heteroatoms. The van der Waals surface area contributed by atoms with Crippen LogP contribution in [-0.2, 0) is 6.54 Å². The number of aromatic nitrogens is 3. The average molecular weight is 274 g/mol. The van der Waals surface area contributed by atoms with Crippen LogP contribution in [0.25, 0.3) is 0 Å². The van der Waals surface area contributed by atoms with E-state index in [9.17, 15) is 0 Å². The molecule has 0 bridgehead atoms. The Balaban J connectivity index is 1.48. The van der Waals surface area contributed by atoms with E-state index in [4.69, 9.17) is 9.05 Å². The normalized spacial score (nSPS) is 23.6. The van der Waals surface area contributed by atoms with E-state index >= 15 is 0 Å². The van der Waals surface area contributed by atoms with Gasteiger partial charge in [0.05, 0.1) is 18.3 Å². The summed E-state index contributed by atoms with van der Waals surface area (Å²) < 4.78 is 10.8. The molecule has 0 amide bonds. The first-order valence-corrected chi connectivity index (χ1v) is 7.29. The van der Waals surface area contributed by atoms with Crippen LogP contribution in [0.2, 0.25) is 0 Å². The van der Waals surface area contributed by atoms with Crippen molar-refractivity contribution in [3.63, 3.8) is 0 Å². The second-order valence-corrected chi connectivity index (χ2v) is 5.82. The predicted octanol–water partition coefficient (Wildman–Crippen LogP) is 2.58. The fourth-order valence-electron chi connectivity index (χ4n) is 2.89. The number of rotatable bonds is 4. The Kier molecular flexibility index (Phi) is 2.84. The molecule has 20 heavy (non-hydrogen) atoms. The first-order valence-electron chi connectivity index (χ1n) is 7.29. The summed E-state index contributed by atoms with van der Waals surface area (Å²) in [4.78, 5) is 6.84. The Hall–Kier alpha value is -1.69. The van der Waals surface area contributed by atoms with Gasteiger partial charge < -0.3 is 9.05 Å². The van der Waals surface area contributed by atoms with Gasteiger partial charge in [0, 0.05) is 12.0 Å². The van der Waals surface area contributed by atoms with E-state index in [0.29, 0.717) is 12.5 Å². The highest BCUT2D eigenvalue weighted by Gasteiger charge is 2.32. The number of hydrogen-bond donors (Lipinski definition) is 0. The Morgan fingerprint density at radius 2 is 2.15 bits per heavy atom. The maximum absolute atomic E-state index is 5.41. The standard InChI is InChI=1S/C14H18N4O2/c1-9-7-12(19-16-9)11-3-2-6-18(11)8-13-15-14(17-20-13)10-4-5-10/h7,10-11H,2-6,8H2,1H3. The number of aryl methyl sites for hydroxylation is 1. The lowest BCUT2D eigenvalue weighted by Crippen LogP contribution is -2.22. The first-order chi connectivity index (χ1) is 9.79. The number of hydrogen-bond acceptors (Lipinski definition) is 6. The molecule has 2 aliphatic rings. The largest absolute Gasteiger partial charge is 0.359 e. The molecule has 1 aliphatic heterocycles. The summed E-state index contributed by atoms with van der Waals surface area (Å²) in [6.07, 6.45) is 4.65. The van der Waals surface area contributed by atoms with Crippen molar-refractivity contribution < 1.29 is 9.05 Å². The summed E-state index contributed by atoms with van der Waals surface area (Å²) in [6, 6.07) is 2.30. The molecule has 1 unspecified atom stereocenters. The van der Waals surface area contributed by atoms with Crippen molar-refractivity contribution in [3.05, 3.63) is 29.2 Å². The molecule has 1 saturated carbocycles. The van der Waals surface area contributed by atoms with Crippen molar-refractivity contribution in [1.82, 2.24) is 20.2 Å². The van der Waals surface area contributed by atoms with Crippen LogP contribution in [-0.4, -0.2) is 26.7 Å². The third-order valence-corrected chi connectivity index (χ3v) is 4.10. The third-order valence-electron chi connectivity index (χ3n) is 4.10. The van der Waals surface area contributed by atoms with Crippen molar-refractivity contribution in [2.45, 2.75) is 51.1 Å². The minimum Gasteiger partial charge on any atom is -0.359 e. The Labute approximate surface area is 117 Å². The molecule has 1 aliphatic carbocycles. The van der Waals surface area contributed by atoms with Gasteiger partial charge in [0.15, 0.2) is 11.6 Å². The van der Waals surface area contributed by atoms with Crippen molar-refractivity contribution in [2.75, 3.05) is 6.54 Å². The quantitative estimate of drug-likeness (QED) is 0.853. The molecule has 2 aromatic heterocycles. The highest BCUT2D eigenvalue weighted by atomic mass is 16.5. The van der Waals surface area contributed by atoms with Crippen molar-refractivity contribution in [3.8, 4) is 0 Å². The Morgan fingerprint density at radius 1 is 1.25 bits per heavy atom. The fraction of sp³-hybridized carbons (Fsp3) is 0.643. The van der Waals surface area contributed by atoms with E-state index in [-0.39, 0.29) is 6.04 Å². The second-order valence-electron chi connectivity index (χ2n) is 5.82. The van der Waals surface area contributed by atoms with Crippen LogP contribution in [0.15, 0.2) is 15.1 Å². The summed E-state index contributed by atoms with van der Waals surface area (Å²) in [5.41, 5.74) is 0.931. The zero-order valence-electron chi connectivity index (χ0n) is 11.6. The molecule has 0 spiro atoms. The highest BCUT2D eigenvalue weighted by Crippen LogP contribution is 2.38. The van der Waals surface area contributed by atoms with Gasteiger partial charge in [-0.3, -0.25) is 4.90 Å². The molecule has 2 fully saturated rings.